The van der Waals surface area contributed by atoms with Crippen LogP contribution in [0.1, 0.15) is 17.2 Å². The lowest BCUT2D eigenvalue weighted by atomic mass is 9.96. The molecule has 23 heavy (non-hydrogen) atoms. The standard InChI is InChI=1S/C18H20Cl2N2O/c1-23-14-7-5-13(6-8-14)18(22-11-9-21-10-12-22)15-3-2-4-16(19)17(15)20/h2-8,18,21H,9-12H2,1H3. The second-order valence-electron chi connectivity index (χ2n) is 5.60. The summed E-state index contributed by atoms with van der Waals surface area (Å²) in [5.41, 5.74) is 2.24. The molecule has 2 aromatic carbocycles. The number of benzene rings is 2. The number of nitrogens with zero attached hydrogens (tertiary/aromatic N) is 1. The molecule has 1 N–H and O–H groups in total. The topological polar surface area (TPSA) is 24.5 Å². The number of hydrogen-bond donors (Lipinski definition) is 1. The smallest absolute Gasteiger partial charge is 0.118 e. The van der Waals surface area contributed by atoms with E-state index in [0.717, 1.165) is 37.5 Å². The van der Waals surface area contributed by atoms with Crippen molar-refractivity contribution in [3.63, 3.8) is 0 Å². The van der Waals surface area contributed by atoms with Crippen molar-refractivity contribution in [1.29, 1.82) is 0 Å². The van der Waals surface area contributed by atoms with E-state index in [9.17, 15) is 0 Å². The van der Waals surface area contributed by atoms with Gasteiger partial charge in [-0.15, -0.1) is 0 Å². The van der Waals surface area contributed by atoms with Crippen LogP contribution in [-0.4, -0.2) is 38.2 Å². The molecule has 1 aliphatic rings. The molecule has 0 spiro atoms. The maximum atomic E-state index is 6.52. The van der Waals surface area contributed by atoms with Gasteiger partial charge in [0.25, 0.3) is 0 Å². The normalized spacial score (nSPS) is 17.0. The van der Waals surface area contributed by atoms with Crippen molar-refractivity contribution in [3.05, 3.63) is 63.6 Å². The third kappa shape index (κ3) is 3.64. The number of halogens is 2. The molecule has 1 aliphatic heterocycles. The van der Waals surface area contributed by atoms with Crippen molar-refractivity contribution in [2.75, 3.05) is 33.3 Å². The first-order valence-corrected chi connectivity index (χ1v) is 8.49. The van der Waals surface area contributed by atoms with Crippen LogP contribution in [0.4, 0.5) is 0 Å². The average Bonchev–Trinajstić information content (AvgIpc) is 2.60. The summed E-state index contributed by atoms with van der Waals surface area (Å²) < 4.78 is 5.27. The van der Waals surface area contributed by atoms with Crippen LogP contribution >= 0.6 is 23.2 Å². The first kappa shape index (κ1) is 16.6. The second kappa shape index (κ2) is 7.54. The zero-order valence-electron chi connectivity index (χ0n) is 13.1. The summed E-state index contributed by atoms with van der Waals surface area (Å²) in [6.45, 7) is 3.90. The van der Waals surface area contributed by atoms with E-state index in [1.54, 1.807) is 7.11 Å². The van der Waals surface area contributed by atoms with Gasteiger partial charge >= 0.3 is 0 Å². The maximum Gasteiger partial charge on any atom is 0.118 e. The summed E-state index contributed by atoms with van der Waals surface area (Å²) in [4.78, 5) is 2.44. The van der Waals surface area contributed by atoms with E-state index in [1.807, 2.05) is 24.3 Å². The van der Waals surface area contributed by atoms with Crippen LogP contribution in [0.5, 0.6) is 5.75 Å². The van der Waals surface area contributed by atoms with Gasteiger partial charge in [0.05, 0.1) is 23.2 Å². The molecule has 3 nitrogen and oxygen atoms in total. The number of nitrogens with one attached hydrogen (secondary N) is 1. The Morgan fingerprint density at radius 1 is 1.04 bits per heavy atom. The molecule has 122 valence electrons. The number of hydrogen-bond acceptors (Lipinski definition) is 3. The lowest BCUT2D eigenvalue weighted by Gasteiger charge is -2.36. The lowest BCUT2D eigenvalue weighted by molar-refractivity contribution is 0.198. The Labute approximate surface area is 147 Å². The van der Waals surface area contributed by atoms with E-state index in [0.29, 0.717) is 10.0 Å². The molecule has 0 radical (unpaired) electrons. The molecule has 3 rings (SSSR count). The molecule has 5 heteroatoms. The van der Waals surface area contributed by atoms with Gasteiger partial charge in [0.15, 0.2) is 0 Å². The van der Waals surface area contributed by atoms with E-state index in [4.69, 9.17) is 27.9 Å². The number of methoxy groups -OCH3 is 1. The molecule has 0 saturated carbocycles. The highest BCUT2D eigenvalue weighted by Crippen LogP contribution is 2.37. The minimum atomic E-state index is 0.0919. The van der Waals surface area contributed by atoms with Gasteiger partial charge in [0.1, 0.15) is 5.75 Å². The summed E-state index contributed by atoms with van der Waals surface area (Å²) in [6, 6.07) is 14.1. The van der Waals surface area contributed by atoms with E-state index < -0.39 is 0 Å². The van der Waals surface area contributed by atoms with Gasteiger partial charge in [-0.1, -0.05) is 47.5 Å². The number of ether oxygens (including phenoxy) is 1. The van der Waals surface area contributed by atoms with Crippen LogP contribution in [-0.2, 0) is 0 Å². The summed E-state index contributed by atoms with van der Waals surface area (Å²) in [7, 11) is 1.68. The molecule has 1 fully saturated rings. The number of rotatable bonds is 4. The minimum Gasteiger partial charge on any atom is -0.497 e. The molecule has 1 atom stereocenters. The largest absolute Gasteiger partial charge is 0.497 e. The van der Waals surface area contributed by atoms with Gasteiger partial charge in [0, 0.05) is 26.2 Å². The predicted molar refractivity (Wildman–Crippen MR) is 95.7 cm³/mol. The van der Waals surface area contributed by atoms with E-state index in [2.05, 4.69) is 28.4 Å². The van der Waals surface area contributed by atoms with Crippen molar-refractivity contribution in [1.82, 2.24) is 10.2 Å². The molecular weight excluding hydrogens is 331 g/mol. The van der Waals surface area contributed by atoms with E-state index in [1.165, 1.54) is 5.56 Å². The summed E-state index contributed by atoms with van der Waals surface area (Å²) in [5.74, 6) is 0.852. The number of piperazine rings is 1. The second-order valence-corrected chi connectivity index (χ2v) is 6.39. The van der Waals surface area contributed by atoms with Crippen LogP contribution in [0.15, 0.2) is 42.5 Å². The van der Waals surface area contributed by atoms with Crippen molar-refractivity contribution < 1.29 is 4.74 Å². The van der Waals surface area contributed by atoms with Crippen molar-refractivity contribution in [2.45, 2.75) is 6.04 Å². The fourth-order valence-corrected chi connectivity index (χ4v) is 3.46. The Hall–Kier alpha value is -1.26. The van der Waals surface area contributed by atoms with Crippen molar-refractivity contribution >= 4 is 23.2 Å². The van der Waals surface area contributed by atoms with Gasteiger partial charge in [0.2, 0.25) is 0 Å². The average molecular weight is 351 g/mol. The van der Waals surface area contributed by atoms with Crippen molar-refractivity contribution in [2.24, 2.45) is 0 Å². The molecule has 0 amide bonds. The van der Waals surface area contributed by atoms with Crippen LogP contribution in [0.3, 0.4) is 0 Å². The quantitative estimate of drug-likeness (QED) is 0.901. The van der Waals surface area contributed by atoms with Gasteiger partial charge in [-0.3, -0.25) is 4.90 Å². The Bertz CT molecular complexity index is 655. The molecule has 1 unspecified atom stereocenters. The summed E-state index contributed by atoms with van der Waals surface area (Å²) in [6.07, 6.45) is 0. The molecule has 2 aromatic rings. The highest BCUT2D eigenvalue weighted by atomic mass is 35.5. The lowest BCUT2D eigenvalue weighted by Crippen LogP contribution is -2.45. The zero-order valence-corrected chi connectivity index (χ0v) is 14.6. The molecular formula is C18H20Cl2N2O. The van der Waals surface area contributed by atoms with Crippen LogP contribution in [0.25, 0.3) is 0 Å². The monoisotopic (exact) mass is 350 g/mol. The van der Waals surface area contributed by atoms with Crippen LogP contribution in [0, 0.1) is 0 Å². The first-order chi connectivity index (χ1) is 11.2. The van der Waals surface area contributed by atoms with Crippen LogP contribution in [0.2, 0.25) is 10.0 Å². The molecule has 1 heterocycles. The van der Waals surface area contributed by atoms with E-state index >= 15 is 0 Å². The van der Waals surface area contributed by atoms with Gasteiger partial charge < -0.3 is 10.1 Å². The summed E-state index contributed by atoms with van der Waals surface area (Å²) in [5, 5.41) is 4.62. The summed E-state index contributed by atoms with van der Waals surface area (Å²) >= 11 is 12.8. The van der Waals surface area contributed by atoms with Crippen molar-refractivity contribution in [3.8, 4) is 5.75 Å². The molecule has 0 aromatic heterocycles. The Morgan fingerprint density at radius 2 is 1.74 bits per heavy atom. The third-order valence-electron chi connectivity index (χ3n) is 4.22. The Kier molecular flexibility index (Phi) is 5.44. The fourth-order valence-electron chi connectivity index (χ4n) is 3.05. The van der Waals surface area contributed by atoms with Crippen LogP contribution < -0.4 is 10.1 Å². The molecule has 0 aliphatic carbocycles. The highest BCUT2D eigenvalue weighted by Gasteiger charge is 2.26. The Balaban J connectivity index is 2.03. The third-order valence-corrected chi connectivity index (χ3v) is 5.06. The van der Waals surface area contributed by atoms with E-state index in [-0.39, 0.29) is 6.04 Å². The fraction of sp³-hybridized carbons (Fsp3) is 0.333. The maximum absolute atomic E-state index is 6.52. The predicted octanol–water partition coefficient (Wildman–Crippen LogP) is 4.00. The minimum absolute atomic E-state index is 0.0919. The van der Waals surface area contributed by atoms with Gasteiger partial charge in [-0.25, -0.2) is 0 Å². The zero-order chi connectivity index (χ0) is 16.2. The van der Waals surface area contributed by atoms with Gasteiger partial charge in [-0.05, 0) is 29.3 Å². The highest BCUT2D eigenvalue weighted by molar-refractivity contribution is 6.42. The van der Waals surface area contributed by atoms with Gasteiger partial charge in [-0.2, -0.15) is 0 Å². The molecule has 1 saturated heterocycles. The molecule has 0 bridgehead atoms. The SMILES string of the molecule is COc1ccc(C(c2cccc(Cl)c2Cl)N2CCNCC2)cc1. The Morgan fingerprint density at radius 3 is 2.39 bits per heavy atom. The first-order valence-electron chi connectivity index (χ1n) is 7.73.